The van der Waals surface area contributed by atoms with Gasteiger partial charge in [-0.2, -0.15) is 4.98 Å². The van der Waals surface area contributed by atoms with E-state index in [0.29, 0.717) is 38.0 Å². The first-order valence-corrected chi connectivity index (χ1v) is 7.54. The molecule has 0 radical (unpaired) electrons. The lowest BCUT2D eigenvalue weighted by molar-refractivity contribution is -0.143. The standard InChI is InChI=1S/C16H19N3O4/c1-11-2-4-12(5-3-11)15-17-14(18-23-15)9-19-6-7-22-10-13(8-19)16(20)21/h2-5,13H,6-10H2,1H3,(H,20,21). The third-order valence-corrected chi connectivity index (χ3v) is 3.83. The summed E-state index contributed by atoms with van der Waals surface area (Å²) in [6.45, 7) is 4.28. The molecule has 1 atom stereocenters. The van der Waals surface area contributed by atoms with Crippen molar-refractivity contribution in [1.29, 1.82) is 0 Å². The highest BCUT2D eigenvalue weighted by Crippen LogP contribution is 2.18. The normalized spacial score (nSPS) is 19.4. The number of benzene rings is 1. The summed E-state index contributed by atoms with van der Waals surface area (Å²) in [5, 5.41) is 13.2. The number of aryl methyl sites for hydroxylation is 1. The Bertz CT molecular complexity index is 668. The minimum Gasteiger partial charge on any atom is -0.481 e. The van der Waals surface area contributed by atoms with Gasteiger partial charge in [0.25, 0.3) is 5.89 Å². The van der Waals surface area contributed by atoms with Gasteiger partial charge in [-0.05, 0) is 19.1 Å². The van der Waals surface area contributed by atoms with E-state index in [9.17, 15) is 4.79 Å². The van der Waals surface area contributed by atoms with Crippen LogP contribution in [-0.2, 0) is 16.1 Å². The second-order valence-corrected chi connectivity index (χ2v) is 5.73. The molecule has 0 bridgehead atoms. The van der Waals surface area contributed by atoms with Crippen LogP contribution in [-0.4, -0.2) is 52.4 Å². The van der Waals surface area contributed by atoms with E-state index < -0.39 is 11.9 Å². The predicted octanol–water partition coefficient (Wildman–Crippen LogP) is 1.58. The number of nitrogens with zero attached hydrogens (tertiary/aromatic N) is 3. The highest BCUT2D eigenvalue weighted by atomic mass is 16.5. The molecule has 122 valence electrons. The number of carbonyl (C=O) groups is 1. The molecule has 7 nitrogen and oxygen atoms in total. The van der Waals surface area contributed by atoms with Crippen molar-refractivity contribution in [2.75, 3.05) is 26.3 Å². The van der Waals surface area contributed by atoms with E-state index in [4.69, 9.17) is 14.4 Å². The second kappa shape index (κ2) is 6.89. The highest BCUT2D eigenvalue weighted by molar-refractivity contribution is 5.70. The van der Waals surface area contributed by atoms with Crippen molar-refractivity contribution in [3.8, 4) is 11.5 Å². The van der Waals surface area contributed by atoms with Crippen molar-refractivity contribution in [1.82, 2.24) is 15.0 Å². The zero-order valence-corrected chi connectivity index (χ0v) is 12.9. The number of hydrogen-bond donors (Lipinski definition) is 1. The second-order valence-electron chi connectivity index (χ2n) is 5.73. The fourth-order valence-corrected chi connectivity index (χ4v) is 2.50. The summed E-state index contributed by atoms with van der Waals surface area (Å²) >= 11 is 0. The Morgan fingerprint density at radius 1 is 1.39 bits per heavy atom. The van der Waals surface area contributed by atoms with Crippen LogP contribution in [0.25, 0.3) is 11.5 Å². The number of hydrogen-bond acceptors (Lipinski definition) is 6. The Labute approximate surface area is 133 Å². The van der Waals surface area contributed by atoms with Gasteiger partial charge in [0.05, 0.1) is 25.7 Å². The van der Waals surface area contributed by atoms with Gasteiger partial charge in [-0.25, -0.2) is 0 Å². The largest absolute Gasteiger partial charge is 0.481 e. The molecule has 2 heterocycles. The monoisotopic (exact) mass is 317 g/mol. The van der Waals surface area contributed by atoms with Gasteiger partial charge in [0.15, 0.2) is 5.82 Å². The lowest BCUT2D eigenvalue weighted by Gasteiger charge is -2.19. The number of ether oxygens (including phenoxy) is 1. The molecule has 3 rings (SSSR count). The zero-order chi connectivity index (χ0) is 16.2. The molecular formula is C16H19N3O4. The Morgan fingerprint density at radius 2 is 2.17 bits per heavy atom. The number of aromatic nitrogens is 2. The molecule has 1 saturated heterocycles. The maximum absolute atomic E-state index is 11.2. The third kappa shape index (κ3) is 3.94. The molecule has 0 amide bonds. The summed E-state index contributed by atoms with van der Waals surface area (Å²) in [4.78, 5) is 17.5. The maximum atomic E-state index is 11.2. The summed E-state index contributed by atoms with van der Waals surface area (Å²) in [5.41, 5.74) is 2.04. The lowest BCUT2D eigenvalue weighted by Crippen LogP contribution is -2.33. The predicted molar refractivity (Wildman–Crippen MR) is 81.7 cm³/mol. The van der Waals surface area contributed by atoms with Crippen molar-refractivity contribution in [3.05, 3.63) is 35.7 Å². The fourth-order valence-electron chi connectivity index (χ4n) is 2.50. The molecular weight excluding hydrogens is 298 g/mol. The van der Waals surface area contributed by atoms with Crippen molar-refractivity contribution in [2.24, 2.45) is 5.92 Å². The number of carboxylic acid groups (broad SMARTS) is 1. The molecule has 1 aromatic heterocycles. The molecule has 1 aliphatic heterocycles. The molecule has 1 N–H and O–H groups in total. The Kier molecular flexibility index (Phi) is 4.68. The summed E-state index contributed by atoms with van der Waals surface area (Å²) < 4.78 is 10.6. The van der Waals surface area contributed by atoms with Crippen LogP contribution in [0.2, 0.25) is 0 Å². The number of rotatable bonds is 4. The molecule has 0 aliphatic carbocycles. The van der Waals surface area contributed by atoms with Gasteiger partial charge >= 0.3 is 5.97 Å². The van der Waals surface area contributed by atoms with Crippen LogP contribution in [0.1, 0.15) is 11.4 Å². The average Bonchev–Trinajstić information content (AvgIpc) is 2.85. The molecule has 1 unspecified atom stereocenters. The summed E-state index contributed by atoms with van der Waals surface area (Å²) in [6.07, 6.45) is 0. The molecule has 23 heavy (non-hydrogen) atoms. The third-order valence-electron chi connectivity index (χ3n) is 3.83. The van der Waals surface area contributed by atoms with Gasteiger partial charge in [0.1, 0.15) is 0 Å². The van der Waals surface area contributed by atoms with Crippen LogP contribution in [0.4, 0.5) is 0 Å². The van der Waals surface area contributed by atoms with E-state index in [0.717, 1.165) is 11.1 Å². The molecule has 1 aromatic carbocycles. The van der Waals surface area contributed by atoms with E-state index in [1.54, 1.807) is 0 Å². The minimum atomic E-state index is -0.842. The Hall–Kier alpha value is -2.25. The first-order chi connectivity index (χ1) is 11.1. The first kappa shape index (κ1) is 15.6. The molecule has 7 heteroatoms. The molecule has 2 aromatic rings. The Morgan fingerprint density at radius 3 is 2.91 bits per heavy atom. The molecule has 0 spiro atoms. The van der Waals surface area contributed by atoms with Crippen molar-refractivity contribution in [2.45, 2.75) is 13.5 Å². The summed E-state index contributed by atoms with van der Waals surface area (Å²) in [5.74, 6) is -0.348. The summed E-state index contributed by atoms with van der Waals surface area (Å²) in [7, 11) is 0. The van der Waals surface area contributed by atoms with Crippen LogP contribution in [0, 0.1) is 12.8 Å². The van der Waals surface area contributed by atoms with Gasteiger partial charge in [-0.1, -0.05) is 22.9 Å². The SMILES string of the molecule is Cc1ccc(-c2nc(CN3CCOCC(C(=O)O)C3)no2)cc1. The lowest BCUT2D eigenvalue weighted by atomic mass is 10.1. The van der Waals surface area contributed by atoms with E-state index in [2.05, 4.69) is 10.1 Å². The highest BCUT2D eigenvalue weighted by Gasteiger charge is 2.25. The van der Waals surface area contributed by atoms with Gasteiger partial charge in [0, 0.05) is 18.7 Å². The average molecular weight is 317 g/mol. The first-order valence-electron chi connectivity index (χ1n) is 7.54. The molecule has 1 fully saturated rings. The number of aliphatic carboxylic acids is 1. The van der Waals surface area contributed by atoms with Gasteiger partial charge < -0.3 is 14.4 Å². The molecule has 1 aliphatic rings. The quantitative estimate of drug-likeness (QED) is 0.915. The van der Waals surface area contributed by atoms with Crippen LogP contribution in [0.3, 0.4) is 0 Å². The summed E-state index contributed by atoms with van der Waals surface area (Å²) in [6, 6.07) is 7.85. The van der Waals surface area contributed by atoms with E-state index >= 15 is 0 Å². The number of carboxylic acids is 1. The van der Waals surface area contributed by atoms with Crippen LogP contribution in [0.5, 0.6) is 0 Å². The van der Waals surface area contributed by atoms with E-state index in [1.807, 2.05) is 36.1 Å². The fraction of sp³-hybridized carbons (Fsp3) is 0.438. The van der Waals surface area contributed by atoms with Crippen molar-refractivity contribution in [3.63, 3.8) is 0 Å². The van der Waals surface area contributed by atoms with Crippen molar-refractivity contribution >= 4 is 5.97 Å². The maximum Gasteiger partial charge on any atom is 0.310 e. The zero-order valence-electron chi connectivity index (χ0n) is 12.9. The minimum absolute atomic E-state index is 0.243. The van der Waals surface area contributed by atoms with Gasteiger partial charge in [-0.3, -0.25) is 9.69 Å². The van der Waals surface area contributed by atoms with E-state index in [-0.39, 0.29) is 6.61 Å². The topological polar surface area (TPSA) is 88.7 Å². The smallest absolute Gasteiger partial charge is 0.310 e. The Balaban J connectivity index is 1.68. The van der Waals surface area contributed by atoms with Crippen LogP contribution >= 0.6 is 0 Å². The van der Waals surface area contributed by atoms with Gasteiger partial charge in [0.2, 0.25) is 0 Å². The van der Waals surface area contributed by atoms with E-state index in [1.165, 1.54) is 0 Å². The van der Waals surface area contributed by atoms with Crippen LogP contribution < -0.4 is 0 Å². The van der Waals surface area contributed by atoms with Crippen LogP contribution in [0.15, 0.2) is 28.8 Å². The van der Waals surface area contributed by atoms with Gasteiger partial charge in [-0.15, -0.1) is 0 Å². The molecule has 0 saturated carbocycles. The van der Waals surface area contributed by atoms with Crippen molar-refractivity contribution < 1.29 is 19.2 Å².